The highest BCUT2D eigenvalue weighted by Crippen LogP contribution is 2.70. The second kappa shape index (κ2) is 6.90. The molecule has 1 aromatic carbocycles. The van der Waals surface area contributed by atoms with Crippen LogP contribution in [0.25, 0.3) is 10.1 Å². The maximum atomic E-state index is 11.8. The molecule has 4 bridgehead atoms. The molecule has 1 spiro atoms. The summed E-state index contributed by atoms with van der Waals surface area (Å²) in [5.41, 5.74) is -0.474. The van der Waals surface area contributed by atoms with E-state index in [-0.39, 0.29) is 10.8 Å². The van der Waals surface area contributed by atoms with Crippen LogP contribution in [0.3, 0.4) is 0 Å². The van der Waals surface area contributed by atoms with Crippen LogP contribution < -0.4 is 4.52 Å². The summed E-state index contributed by atoms with van der Waals surface area (Å²) in [6.45, 7) is 0. The number of thiophene rings is 1. The number of rotatable bonds is 5. The fraction of sp³-hybridized carbons (Fsp3) is 0.619. The Labute approximate surface area is 189 Å². The third-order valence-corrected chi connectivity index (χ3v) is 10.3. The number of methoxy groups -OCH3 is 1. The standard InChI is InChI=1S/C21H24ClO7PS/c1-25-21(20(28-29-21)13-6-11-5-12(8-13)9-14(20)7-11)18-10-15-17(31-18)4-3-16(19(15)22)27-30(23,24)26-2/h3-4,10-14H,5-9H2,1-2H3,(H,23,24). The smallest absolute Gasteiger partial charge is 0.403 e. The third-order valence-electron chi connectivity index (χ3n) is 7.82. The Kier molecular flexibility index (Phi) is 4.65. The van der Waals surface area contributed by atoms with E-state index >= 15 is 0 Å². The van der Waals surface area contributed by atoms with E-state index in [1.165, 1.54) is 17.8 Å². The zero-order valence-electron chi connectivity index (χ0n) is 17.2. The molecule has 1 aromatic heterocycles. The lowest BCUT2D eigenvalue weighted by Gasteiger charge is -2.68. The highest BCUT2D eigenvalue weighted by molar-refractivity contribution is 7.47. The van der Waals surface area contributed by atoms with E-state index in [2.05, 4.69) is 4.52 Å². The Morgan fingerprint density at radius 2 is 1.81 bits per heavy atom. The van der Waals surface area contributed by atoms with Gasteiger partial charge in [-0.15, -0.1) is 11.3 Å². The molecule has 5 aliphatic rings. The molecule has 0 radical (unpaired) electrons. The van der Waals surface area contributed by atoms with Gasteiger partial charge in [0.05, 0.1) is 9.90 Å². The fourth-order valence-electron chi connectivity index (χ4n) is 6.75. The van der Waals surface area contributed by atoms with Crippen molar-refractivity contribution in [3.63, 3.8) is 0 Å². The molecule has 7 nitrogen and oxygen atoms in total. The van der Waals surface area contributed by atoms with Gasteiger partial charge in [0, 0.05) is 24.3 Å². The van der Waals surface area contributed by atoms with Crippen molar-refractivity contribution in [3.8, 4) is 5.75 Å². The van der Waals surface area contributed by atoms with Gasteiger partial charge in [-0.2, -0.15) is 4.89 Å². The molecule has 168 valence electrons. The first-order valence-corrected chi connectivity index (χ1v) is 13.2. The maximum absolute atomic E-state index is 11.8. The van der Waals surface area contributed by atoms with Crippen molar-refractivity contribution in [1.29, 1.82) is 0 Å². The maximum Gasteiger partial charge on any atom is 0.527 e. The molecule has 10 heteroatoms. The molecular formula is C21H24ClO7PS. The molecule has 7 rings (SSSR count). The van der Waals surface area contributed by atoms with E-state index in [0.717, 1.165) is 54.2 Å². The largest absolute Gasteiger partial charge is 0.527 e. The number of phosphoric acid groups is 1. The van der Waals surface area contributed by atoms with Crippen LogP contribution in [0.2, 0.25) is 5.02 Å². The highest BCUT2D eigenvalue weighted by Gasteiger charge is 2.77. The molecule has 2 atom stereocenters. The van der Waals surface area contributed by atoms with Crippen LogP contribution in [0.4, 0.5) is 0 Å². The lowest BCUT2D eigenvalue weighted by Crippen LogP contribution is -2.76. The van der Waals surface area contributed by atoms with Crippen molar-refractivity contribution in [2.24, 2.45) is 23.7 Å². The van der Waals surface area contributed by atoms with Crippen molar-refractivity contribution < 1.29 is 33.0 Å². The lowest BCUT2D eigenvalue weighted by molar-refractivity contribution is -0.644. The number of ether oxygens (including phenoxy) is 1. The SMILES string of the molecule is COC1(c2cc3c(Cl)c(OP(=O)(O)OC)ccc3s2)OOC12C1CC3CC(C1)CC2C3. The van der Waals surface area contributed by atoms with Crippen LogP contribution in [0.15, 0.2) is 18.2 Å². The molecule has 5 fully saturated rings. The van der Waals surface area contributed by atoms with Crippen LogP contribution in [0.5, 0.6) is 5.75 Å². The van der Waals surface area contributed by atoms with Crippen molar-refractivity contribution in [2.75, 3.05) is 14.2 Å². The van der Waals surface area contributed by atoms with Gasteiger partial charge in [-0.3, -0.25) is 9.42 Å². The van der Waals surface area contributed by atoms with E-state index in [1.807, 2.05) is 12.1 Å². The first kappa shape index (κ1) is 20.9. The molecule has 31 heavy (non-hydrogen) atoms. The molecule has 2 unspecified atom stereocenters. The molecule has 1 aliphatic heterocycles. The predicted molar refractivity (Wildman–Crippen MR) is 115 cm³/mol. The van der Waals surface area contributed by atoms with Crippen molar-refractivity contribution in [2.45, 2.75) is 43.5 Å². The van der Waals surface area contributed by atoms with E-state index in [9.17, 15) is 9.46 Å². The van der Waals surface area contributed by atoms with Gasteiger partial charge < -0.3 is 9.26 Å². The Morgan fingerprint density at radius 3 is 2.35 bits per heavy atom. The van der Waals surface area contributed by atoms with Crippen molar-refractivity contribution >= 4 is 40.8 Å². The van der Waals surface area contributed by atoms with Crippen LogP contribution in [-0.2, 0) is 29.4 Å². The summed E-state index contributed by atoms with van der Waals surface area (Å²) < 4.78 is 28.5. The molecule has 0 amide bonds. The topological polar surface area (TPSA) is 83.5 Å². The van der Waals surface area contributed by atoms with Gasteiger partial charge in [0.25, 0.3) is 5.79 Å². The molecule has 1 N–H and O–H groups in total. The summed E-state index contributed by atoms with van der Waals surface area (Å²) in [6, 6.07) is 5.32. The summed E-state index contributed by atoms with van der Waals surface area (Å²) >= 11 is 8.09. The minimum absolute atomic E-state index is 0.0905. The summed E-state index contributed by atoms with van der Waals surface area (Å²) in [7, 11) is -1.43. The van der Waals surface area contributed by atoms with E-state index in [0.29, 0.717) is 17.2 Å². The van der Waals surface area contributed by atoms with Gasteiger partial charge in [0.15, 0.2) is 11.4 Å². The second-order valence-corrected chi connectivity index (χ2v) is 12.2. The molecule has 2 heterocycles. The van der Waals surface area contributed by atoms with Crippen LogP contribution in [0, 0.1) is 23.7 Å². The van der Waals surface area contributed by atoms with Gasteiger partial charge in [0.1, 0.15) is 0 Å². The van der Waals surface area contributed by atoms with Gasteiger partial charge in [-0.05, 0) is 74.0 Å². The van der Waals surface area contributed by atoms with E-state index in [4.69, 9.17) is 30.6 Å². The van der Waals surface area contributed by atoms with Gasteiger partial charge in [0.2, 0.25) is 0 Å². The summed E-state index contributed by atoms with van der Waals surface area (Å²) in [4.78, 5) is 22.4. The van der Waals surface area contributed by atoms with Crippen molar-refractivity contribution in [3.05, 3.63) is 28.1 Å². The van der Waals surface area contributed by atoms with Gasteiger partial charge >= 0.3 is 7.82 Å². The highest BCUT2D eigenvalue weighted by atomic mass is 35.5. The molecule has 4 aliphatic carbocycles. The normalized spacial score (nSPS) is 40.3. The lowest BCUT2D eigenvalue weighted by atomic mass is 9.47. The predicted octanol–water partition coefficient (Wildman–Crippen LogP) is 5.64. The van der Waals surface area contributed by atoms with Crippen molar-refractivity contribution in [1.82, 2.24) is 0 Å². The van der Waals surface area contributed by atoms with Crippen LogP contribution in [0.1, 0.15) is 37.0 Å². The number of fused-ring (bicyclic) bond motifs is 1. The summed E-state index contributed by atoms with van der Waals surface area (Å²) in [6.07, 6.45) is 5.99. The minimum atomic E-state index is -4.22. The number of benzene rings is 1. The molecule has 1 saturated heterocycles. The zero-order valence-corrected chi connectivity index (χ0v) is 19.7. The average molecular weight is 487 g/mol. The molecule has 2 aromatic rings. The number of halogens is 1. The van der Waals surface area contributed by atoms with Crippen LogP contribution in [-0.4, -0.2) is 24.7 Å². The summed E-state index contributed by atoms with van der Waals surface area (Å²) in [5.74, 6) is 1.53. The second-order valence-electron chi connectivity index (χ2n) is 9.23. The zero-order chi connectivity index (χ0) is 21.6. The monoisotopic (exact) mass is 486 g/mol. The fourth-order valence-corrected chi connectivity index (χ4v) is 8.83. The average Bonchev–Trinajstić information content (AvgIpc) is 3.15. The third kappa shape index (κ3) is 2.74. The summed E-state index contributed by atoms with van der Waals surface area (Å²) in [5, 5.41) is 0.957. The minimum Gasteiger partial charge on any atom is -0.403 e. The van der Waals surface area contributed by atoms with Gasteiger partial charge in [-0.1, -0.05) is 11.6 Å². The van der Waals surface area contributed by atoms with E-state index in [1.54, 1.807) is 13.2 Å². The number of hydrogen-bond acceptors (Lipinski definition) is 7. The number of hydrogen-bond donors (Lipinski definition) is 1. The Bertz CT molecular complexity index is 1070. The van der Waals surface area contributed by atoms with E-state index < -0.39 is 19.2 Å². The Morgan fingerprint density at radius 1 is 1.13 bits per heavy atom. The first-order chi connectivity index (χ1) is 14.8. The first-order valence-electron chi connectivity index (χ1n) is 10.5. The van der Waals surface area contributed by atoms with Crippen LogP contribution >= 0.6 is 30.8 Å². The molecular weight excluding hydrogens is 463 g/mol. The quantitative estimate of drug-likeness (QED) is 0.432. The number of phosphoric ester groups is 1. The van der Waals surface area contributed by atoms with Gasteiger partial charge in [-0.25, -0.2) is 9.45 Å². The Balaban J connectivity index is 1.42. The molecule has 4 saturated carbocycles. The Hall–Kier alpha value is -0.700.